The highest BCUT2D eigenvalue weighted by Gasteiger charge is 2.14. The van der Waals surface area contributed by atoms with E-state index in [1.165, 1.54) is 0 Å². The Morgan fingerprint density at radius 1 is 1.32 bits per heavy atom. The lowest BCUT2D eigenvalue weighted by Crippen LogP contribution is -2.36. The second-order valence-corrected chi connectivity index (χ2v) is 7.31. The number of nitrogens with zero attached hydrogens (tertiary/aromatic N) is 5. The van der Waals surface area contributed by atoms with Gasteiger partial charge in [-0.05, 0) is 39.0 Å². The fraction of sp³-hybridized carbons (Fsp3) is 0.300. The molecule has 2 aromatic heterocycles. The molecule has 0 aliphatic heterocycles. The maximum Gasteiger partial charge on any atom is 0.271 e. The second-order valence-electron chi connectivity index (χ2n) is 6.90. The van der Waals surface area contributed by atoms with E-state index < -0.39 is 0 Å². The summed E-state index contributed by atoms with van der Waals surface area (Å²) in [7, 11) is 0. The Hall–Kier alpha value is -3.11. The summed E-state index contributed by atoms with van der Waals surface area (Å²) in [6.07, 6.45) is 5.25. The lowest BCUT2D eigenvalue weighted by atomic mass is 10.1. The Kier molecular flexibility index (Phi) is 5.81. The fourth-order valence-electron chi connectivity index (χ4n) is 2.74. The average molecular weight is 397 g/mol. The van der Waals surface area contributed by atoms with Gasteiger partial charge in [-0.15, -0.1) is 0 Å². The Balaban J connectivity index is 1.63. The predicted molar refractivity (Wildman–Crippen MR) is 107 cm³/mol. The maximum atomic E-state index is 12.3. The smallest absolute Gasteiger partial charge is 0.271 e. The summed E-state index contributed by atoms with van der Waals surface area (Å²) in [5, 5.41) is 16.8. The number of hydrogen-bond acceptors (Lipinski definition) is 4. The molecule has 0 aliphatic carbocycles. The molecule has 28 heavy (non-hydrogen) atoms. The van der Waals surface area contributed by atoms with E-state index in [-0.39, 0.29) is 18.0 Å². The van der Waals surface area contributed by atoms with Crippen molar-refractivity contribution >= 4 is 17.5 Å². The third-order valence-electron chi connectivity index (χ3n) is 4.29. The molecule has 144 valence electrons. The molecule has 0 saturated heterocycles. The molecular weight excluding hydrogens is 376 g/mol. The third kappa shape index (κ3) is 4.41. The zero-order valence-corrected chi connectivity index (χ0v) is 16.7. The van der Waals surface area contributed by atoms with Crippen LogP contribution in [0.5, 0.6) is 0 Å². The molecule has 0 radical (unpaired) electrons. The van der Waals surface area contributed by atoms with Crippen LogP contribution < -0.4 is 5.32 Å². The van der Waals surface area contributed by atoms with E-state index in [9.17, 15) is 4.79 Å². The first-order chi connectivity index (χ1) is 13.4. The van der Waals surface area contributed by atoms with Crippen molar-refractivity contribution in [2.45, 2.75) is 39.4 Å². The van der Waals surface area contributed by atoms with E-state index in [1.54, 1.807) is 29.3 Å². The summed E-state index contributed by atoms with van der Waals surface area (Å²) in [6.45, 7) is 6.49. The van der Waals surface area contributed by atoms with Gasteiger partial charge in [-0.3, -0.25) is 9.48 Å². The molecule has 3 aromatic rings. The molecule has 7 nitrogen and oxygen atoms in total. The molecule has 1 amide bonds. The molecule has 0 spiro atoms. The molecule has 0 unspecified atom stereocenters. The van der Waals surface area contributed by atoms with Gasteiger partial charge < -0.3 is 9.88 Å². The average Bonchev–Trinajstić information content (AvgIpc) is 3.31. The normalized spacial score (nSPS) is 12.0. The zero-order valence-electron chi connectivity index (χ0n) is 15.9. The van der Waals surface area contributed by atoms with Crippen LogP contribution in [0.15, 0.2) is 43.0 Å². The maximum absolute atomic E-state index is 12.3. The van der Waals surface area contributed by atoms with Crippen molar-refractivity contribution in [3.05, 3.63) is 59.3 Å². The Labute approximate surface area is 168 Å². The standard InChI is InChI=1S/C20H21ClN6O/c1-13(2)26-11-19(23-12-26)20(28)24-14(3)10-27-7-6-18(25-27)15-4-5-16(9-22)17(21)8-15/h4-8,11-14H,10H2,1-3H3,(H,24,28)/t14-/m0/s1. The van der Waals surface area contributed by atoms with Gasteiger partial charge in [-0.1, -0.05) is 17.7 Å². The van der Waals surface area contributed by atoms with Crippen LogP contribution in [-0.4, -0.2) is 31.3 Å². The van der Waals surface area contributed by atoms with Crippen LogP contribution >= 0.6 is 11.6 Å². The summed E-state index contributed by atoms with van der Waals surface area (Å²) < 4.78 is 3.65. The number of rotatable bonds is 6. The molecule has 1 aromatic carbocycles. The third-order valence-corrected chi connectivity index (χ3v) is 4.61. The molecule has 3 rings (SSSR count). The van der Waals surface area contributed by atoms with Gasteiger partial charge in [-0.2, -0.15) is 10.4 Å². The fourth-order valence-corrected chi connectivity index (χ4v) is 2.97. The van der Waals surface area contributed by atoms with Crippen molar-refractivity contribution in [2.75, 3.05) is 0 Å². The van der Waals surface area contributed by atoms with E-state index in [1.807, 2.05) is 49.7 Å². The molecule has 0 fully saturated rings. The highest BCUT2D eigenvalue weighted by Crippen LogP contribution is 2.24. The number of benzene rings is 1. The quantitative estimate of drug-likeness (QED) is 0.688. The first-order valence-electron chi connectivity index (χ1n) is 8.95. The molecule has 0 saturated carbocycles. The number of halogens is 1. The molecule has 0 bridgehead atoms. The van der Waals surface area contributed by atoms with Crippen LogP contribution in [0, 0.1) is 11.3 Å². The molecule has 2 heterocycles. The highest BCUT2D eigenvalue weighted by molar-refractivity contribution is 6.32. The van der Waals surface area contributed by atoms with Gasteiger partial charge >= 0.3 is 0 Å². The van der Waals surface area contributed by atoms with Gasteiger partial charge in [0, 0.05) is 30.0 Å². The largest absolute Gasteiger partial charge is 0.346 e. The first kappa shape index (κ1) is 19.6. The minimum Gasteiger partial charge on any atom is -0.346 e. The number of carbonyl (C=O) groups excluding carboxylic acids is 1. The van der Waals surface area contributed by atoms with Crippen molar-refractivity contribution in [3.63, 3.8) is 0 Å². The number of imidazole rings is 1. The summed E-state index contributed by atoms with van der Waals surface area (Å²) in [4.78, 5) is 16.5. The van der Waals surface area contributed by atoms with Crippen molar-refractivity contribution in [1.82, 2.24) is 24.6 Å². The van der Waals surface area contributed by atoms with Crippen molar-refractivity contribution < 1.29 is 4.79 Å². The van der Waals surface area contributed by atoms with Crippen LogP contribution in [0.3, 0.4) is 0 Å². The summed E-state index contributed by atoms with van der Waals surface area (Å²) >= 11 is 6.10. The number of nitrogens with one attached hydrogen (secondary N) is 1. The molecule has 8 heteroatoms. The summed E-state index contributed by atoms with van der Waals surface area (Å²) in [5.74, 6) is -0.210. The first-order valence-corrected chi connectivity index (χ1v) is 9.33. The van der Waals surface area contributed by atoms with E-state index in [4.69, 9.17) is 16.9 Å². The van der Waals surface area contributed by atoms with E-state index in [2.05, 4.69) is 15.4 Å². The summed E-state index contributed by atoms with van der Waals surface area (Å²) in [5.41, 5.74) is 2.41. The second kappa shape index (κ2) is 8.28. The zero-order chi connectivity index (χ0) is 20.3. The van der Waals surface area contributed by atoms with Crippen LogP contribution in [0.25, 0.3) is 11.3 Å². The lowest BCUT2D eigenvalue weighted by molar-refractivity contribution is 0.0931. The molecule has 1 N–H and O–H groups in total. The van der Waals surface area contributed by atoms with Gasteiger partial charge in [0.05, 0.1) is 29.2 Å². The van der Waals surface area contributed by atoms with Gasteiger partial charge in [0.1, 0.15) is 11.8 Å². The van der Waals surface area contributed by atoms with Gasteiger partial charge in [0.15, 0.2) is 0 Å². The van der Waals surface area contributed by atoms with Crippen molar-refractivity contribution in [1.29, 1.82) is 5.26 Å². The predicted octanol–water partition coefficient (Wildman–Crippen LogP) is 3.67. The van der Waals surface area contributed by atoms with Gasteiger partial charge in [-0.25, -0.2) is 4.98 Å². The number of nitriles is 1. The number of amides is 1. The number of aromatic nitrogens is 4. The Bertz CT molecular complexity index is 1030. The minimum absolute atomic E-state index is 0.131. The van der Waals surface area contributed by atoms with E-state index >= 15 is 0 Å². The topological polar surface area (TPSA) is 88.5 Å². The molecule has 1 atom stereocenters. The minimum atomic E-state index is -0.210. The highest BCUT2D eigenvalue weighted by atomic mass is 35.5. The SMILES string of the molecule is CC(C)n1cnc(C(=O)N[C@@H](C)Cn2ccc(-c3ccc(C#N)c(Cl)c3)n2)c1. The number of carbonyl (C=O) groups is 1. The van der Waals surface area contributed by atoms with Crippen LogP contribution in [0.4, 0.5) is 0 Å². The lowest BCUT2D eigenvalue weighted by Gasteiger charge is -2.13. The monoisotopic (exact) mass is 396 g/mol. The van der Waals surface area contributed by atoms with Crippen molar-refractivity contribution in [3.8, 4) is 17.3 Å². The summed E-state index contributed by atoms with van der Waals surface area (Å²) in [6, 6.07) is 9.25. The van der Waals surface area contributed by atoms with Crippen LogP contribution in [0.2, 0.25) is 5.02 Å². The van der Waals surface area contributed by atoms with Crippen LogP contribution in [-0.2, 0) is 6.54 Å². The van der Waals surface area contributed by atoms with Crippen LogP contribution in [0.1, 0.15) is 42.9 Å². The van der Waals surface area contributed by atoms with E-state index in [0.717, 1.165) is 11.3 Å². The van der Waals surface area contributed by atoms with E-state index in [0.29, 0.717) is 22.8 Å². The Morgan fingerprint density at radius 2 is 2.11 bits per heavy atom. The molecule has 0 aliphatic rings. The molecular formula is C20H21ClN6O. The number of hydrogen-bond donors (Lipinski definition) is 1. The Morgan fingerprint density at radius 3 is 2.75 bits per heavy atom. The van der Waals surface area contributed by atoms with Crippen molar-refractivity contribution in [2.24, 2.45) is 0 Å². The van der Waals surface area contributed by atoms with Gasteiger partial charge in [0.25, 0.3) is 5.91 Å². The van der Waals surface area contributed by atoms with Gasteiger partial charge in [0.2, 0.25) is 0 Å².